The van der Waals surface area contributed by atoms with Crippen LogP contribution in [0.25, 0.3) is 0 Å². The standard InChI is InChI=1S/C12H21N3O3/c1-15-6-4-9(5-7-15)13-12(18)14-10(11(16)17)8-2-3-8/h8-10H,2-7H2,1H3,(H,16,17)(H2,13,14,18). The van der Waals surface area contributed by atoms with Gasteiger partial charge in [0.2, 0.25) is 0 Å². The summed E-state index contributed by atoms with van der Waals surface area (Å²) in [5.41, 5.74) is 0. The molecule has 102 valence electrons. The molecular weight excluding hydrogens is 234 g/mol. The van der Waals surface area contributed by atoms with E-state index in [1.807, 2.05) is 0 Å². The average molecular weight is 255 g/mol. The summed E-state index contributed by atoms with van der Waals surface area (Å²) in [6.45, 7) is 1.94. The molecule has 0 aromatic rings. The predicted molar refractivity (Wildman–Crippen MR) is 66.3 cm³/mol. The number of nitrogens with one attached hydrogen (secondary N) is 2. The van der Waals surface area contributed by atoms with Crippen LogP contribution < -0.4 is 10.6 Å². The van der Waals surface area contributed by atoms with Crippen molar-refractivity contribution in [2.45, 2.75) is 37.8 Å². The maximum Gasteiger partial charge on any atom is 0.326 e. The first kappa shape index (κ1) is 13.1. The van der Waals surface area contributed by atoms with Gasteiger partial charge in [0.05, 0.1) is 0 Å². The number of carbonyl (C=O) groups is 2. The van der Waals surface area contributed by atoms with Crippen molar-refractivity contribution < 1.29 is 14.7 Å². The zero-order valence-corrected chi connectivity index (χ0v) is 10.7. The molecule has 0 radical (unpaired) electrons. The molecule has 6 heteroatoms. The summed E-state index contributed by atoms with van der Waals surface area (Å²) in [4.78, 5) is 25.0. The molecule has 2 rings (SSSR count). The van der Waals surface area contributed by atoms with Gasteiger partial charge < -0.3 is 20.6 Å². The average Bonchev–Trinajstić information content (AvgIpc) is 3.13. The smallest absolute Gasteiger partial charge is 0.326 e. The molecule has 18 heavy (non-hydrogen) atoms. The number of carbonyl (C=O) groups excluding carboxylic acids is 1. The van der Waals surface area contributed by atoms with Crippen molar-refractivity contribution in [2.75, 3.05) is 20.1 Å². The monoisotopic (exact) mass is 255 g/mol. The van der Waals surface area contributed by atoms with Gasteiger partial charge in [0.1, 0.15) is 6.04 Å². The Morgan fingerprint density at radius 1 is 1.22 bits per heavy atom. The quantitative estimate of drug-likeness (QED) is 0.672. The van der Waals surface area contributed by atoms with Gasteiger partial charge in [0.15, 0.2) is 0 Å². The highest BCUT2D eigenvalue weighted by Gasteiger charge is 2.37. The minimum atomic E-state index is -0.934. The van der Waals surface area contributed by atoms with Crippen LogP contribution in [0.1, 0.15) is 25.7 Å². The van der Waals surface area contributed by atoms with Crippen molar-refractivity contribution in [1.29, 1.82) is 0 Å². The largest absolute Gasteiger partial charge is 0.480 e. The Morgan fingerprint density at radius 3 is 2.33 bits per heavy atom. The number of carboxylic acids is 1. The molecule has 1 aliphatic heterocycles. The molecule has 1 atom stereocenters. The van der Waals surface area contributed by atoms with E-state index in [0.29, 0.717) is 0 Å². The number of piperidine rings is 1. The van der Waals surface area contributed by atoms with Crippen molar-refractivity contribution >= 4 is 12.0 Å². The molecule has 3 N–H and O–H groups in total. The van der Waals surface area contributed by atoms with Gasteiger partial charge in [-0.15, -0.1) is 0 Å². The second-order valence-electron chi connectivity index (χ2n) is 5.35. The minimum absolute atomic E-state index is 0.116. The summed E-state index contributed by atoms with van der Waals surface area (Å²) in [7, 11) is 2.06. The Hall–Kier alpha value is -1.30. The predicted octanol–water partition coefficient (Wildman–Crippen LogP) is 0.243. The maximum absolute atomic E-state index is 11.7. The van der Waals surface area contributed by atoms with Gasteiger partial charge in [-0.2, -0.15) is 0 Å². The Bertz CT molecular complexity index is 323. The number of likely N-dealkylation sites (tertiary alicyclic amines) is 1. The number of hydrogen-bond acceptors (Lipinski definition) is 3. The van der Waals surface area contributed by atoms with Gasteiger partial charge >= 0.3 is 12.0 Å². The van der Waals surface area contributed by atoms with Gasteiger partial charge in [0.25, 0.3) is 0 Å². The van der Waals surface area contributed by atoms with E-state index < -0.39 is 12.0 Å². The van der Waals surface area contributed by atoms with E-state index in [4.69, 9.17) is 5.11 Å². The number of carboxylic acid groups (broad SMARTS) is 1. The first-order valence-electron chi connectivity index (χ1n) is 6.54. The third-order valence-electron chi connectivity index (χ3n) is 3.70. The zero-order valence-electron chi connectivity index (χ0n) is 10.7. The van der Waals surface area contributed by atoms with Gasteiger partial charge in [-0.25, -0.2) is 9.59 Å². The van der Waals surface area contributed by atoms with E-state index in [0.717, 1.165) is 38.8 Å². The van der Waals surface area contributed by atoms with Gasteiger partial charge in [-0.3, -0.25) is 0 Å². The fourth-order valence-electron chi connectivity index (χ4n) is 2.33. The van der Waals surface area contributed by atoms with Crippen LogP contribution in [-0.4, -0.2) is 54.2 Å². The van der Waals surface area contributed by atoms with Gasteiger partial charge in [0, 0.05) is 6.04 Å². The number of rotatable bonds is 4. The lowest BCUT2D eigenvalue weighted by molar-refractivity contribution is -0.139. The fourth-order valence-corrected chi connectivity index (χ4v) is 2.33. The molecule has 0 spiro atoms. The lowest BCUT2D eigenvalue weighted by Gasteiger charge is -2.29. The van der Waals surface area contributed by atoms with E-state index in [9.17, 15) is 9.59 Å². The van der Waals surface area contributed by atoms with Crippen molar-refractivity contribution in [3.63, 3.8) is 0 Å². The van der Waals surface area contributed by atoms with E-state index in [1.165, 1.54) is 0 Å². The van der Waals surface area contributed by atoms with Crippen LogP contribution in [-0.2, 0) is 4.79 Å². The van der Waals surface area contributed by atoms with Crippen molar-refractivity contribution in [3.8, 4) is 0 Å². The highest BCUT2D eigenvalue weighted by molar-refractivity contribution is 5.83. The van der Waals surface area contributed by atoms with E-state index in [-0.39, 0.29) is 18.0 Å². The topological polar surface area (TPSA) is 81.7 Å². The molecule has 2 fully saturated rings. The number of hydrogen-bond donors (Lipinski definition) is 3. The Labute approximate surface area is 107 Å². The van der Waals surface area contributed by atoms with Crippen LogP contribution in [0.5, 0.6) is 0 Å². The van der Waals surface area contributed by atoms with Crippen LogP contribution in [0.4, 0.5) is 4.79 Å². The SMILES string of the molecule is CN1CCC(NC(=O)NC(C(=O)O)C2CC2)CC1. The molecular formula is C12H21N3O3. The summed E-state index contributed by atoms with van der Waals surface area (Å²) in [6, 6.07) is -0.907. The lowest BCUT2D eigenvalue weighted by Crippen LogP contribution is -2.52. The second-order valence-corrected chi connectivity index (χ2v) is 5.35. The lowest BCUT2D eigenvalue weighted by atomic mass is 10.1. The van der Waals surface area contributed by atoms with Crippen molar-refractivity contribution in [1.82, 2.24) is 15.5 Å². The van der Waals surface area contributed by atoms with Crippen LogP contribution in [0.15, 0.2) is 0 Å². The molecule has 2 amide bonds. The first-order chi connectivity index (χ1) is 8.56. The van der Waals surface area contributed by atoms with Gasteiger partial charge in [-0.05, 0) is 51.7 Å². The molecule has 1 unspecified atom stereocenters. The van der Waals surface area contributed by atoms with E-state index >= 15 is 0 Å². The van der Waals surface area contributed by atoms with Crippen molar-refractivity contribution in [2.24, 2.45) is 5.92 Å². The number of nitrogens with zero attached hydrogens (tertiary/aromatic N) is 1. The van der Waals surface area contributed by atoms with E-state index in [2.05, 4.69) is 22.6 Å². The van der Waals surface area contributed by atoms with Crippen molar-refractivity contribution in [3.05, 3.63) is 0 Å². The molecule has 2 aliphatic rings. The summed E-state index contributed by atoms with van der Waals surface area (Å²) < 4.78 is 0. The second kappa shape index (κ2) is 5.56. The van der Waals surface area contributed by atoms with Crippen LogP contribution in [0.2, 0.25) is 0 Å². The summed E-state index contributed by atoms with van der Waals surface area (Å²) in [6.07, 6.45) is 3.63. The third-order valence-corrected chi connectivity index (χ3v) is 3.70. The Balaban J connectivity index is 1.75. The Morgan fingerprint density at radius 2 is 1.83 bits per heavy atom. The Kier molecular flexibility index (Phi) is 4.06. The number of aliphatic carboxylic acids is 1. The van der Waals surface area contributed by atoms with Gasteiger partial charge in [-0.1, -0.05) is 0 Å². The molecule has 1 saturated heterocycles. The number of amides is 2. The highest BCUT2D eigenvalue weighted by Crippen LogP contribution is 2.32. The highest BCUT2D eigenvalue weighted by atomic mass is 16.4. The molecule has 1 saturated carbocycles. The summed E-state index contributed by atoms with van der Waals surface area (Å²) in [5, 5.41) is 14.5. The molecule has 1 aliphatic carbocycles. The van der Waals surface area contributed by atoms with Crippen LogP contribution in [0, 0.1) is 5.92 Å². The fraction of sp³-hybridized carbons (Fsp3) is 0.833. The zero-order chi connectivity index (χ0) is 13.1. The summed E-state index contributed by atoms with van der Waals surface area (Å²) >= 11 is 0. The minimum Gasteiger partial charge on any atom is -0.480 e. The molecule has 0 bridgehead atoms. The molecule has 6 nitrogen and oxygen atoms in total. The van der Waals surface area contributed by atoms with Crippen LogP contribution in [0.3, 0.4) is 0 Å². The molecule has 0 aromatic heterocycles. The maximum atomic E-state index is 11.7. The van der Waals surface area contributed by atoms with E-state index in [1.54, 1.807) is 0 Å². The van der Waals surface area contributed by atoms with Crippen LogP contribution >= 0.6 is 0 Å². The molecule has 0 aromatic carbocycles. The first-order valence-corrected chi connectivity index (χ1v) is 6.54. The number of urea groups is 1. The molecule has 1 heterocycles. The third kappa shape index (κ3) is 3.60. The normalized spacial score (nSPS) is 23.4. The summed E-state index contributed by atoms with van der Waals surface area (Å²) in [5.74, 6) is -0.818.